The van der Waals surface area contributed by atoms with Crippen LogP contribution in [0.5, 0.6) is 0 Å². The second-order valence-electron chi connectivity index (χ2n) is 7.44. The third kappa shape index (κ3) is 4.81. The first-order chi connectivity index (χ1) is 15.9. The molecule has 3 rings (SSSR count). The fourth-order valence-corrected chi connectivity index (χ4v) is 3.53. The second-order valence-corrected chi connectivity index (χ2v) is 7.44. The second kappa shape index (κ2) is 10.2. The molecule has 33 heavy (non-hydrogen) atoms. The Kier molecular flexibility index (Phi) is 7.31. The number of hydrogen-bond donors (Lipinski definition) is 3. The summed E-state index contributed by atoms with van der Waals surface area (Å²) in [5, 5.41) is 1.41. The highest BCUT2D eigenvalue weighted by atomic mass is 16.5. The molecule has 10 heteroatoms. The van der Waals surface area contributed by atoms with Crippen molar-refractivity contribution in [3.63, 3.8) is 0 Å². The number of aldehydes is 2. The average molecular weight is 452 g/mol. The van der Waals surface area contributed by atoms with Crippen LogP contribution in [0.1, 0.15) is 55.3 Å². The number of amides is 2. The van der Waals surface area contributed by atoms with E-state index in [2.05, 4.69) is 16.3 Å². The number of nitrogens with zero attached hydrogens (tertiary/aromatic N) is 1. The van der Waals surface area contributed by atoms with Gasteiger partial charge in [0.25, 0.3) is 11.8 Å². The molecule has 1 saturated heterocycles. The number of ether oxygens (including phenoxy) is 1. The van der Waals surface area contributed by atoms with Crippen LogP contribution in [0, 0.1) is 0 Å². The number of esters is 1. The zero-order valence-corrected chi connectivity index (χ0v) is 18.2. The van der Waals surface area contributed by atoms with Gasteiger partial charge in [-0.15, -0.1) is 0 Å². The van der Waals surface area contributed by atoms with E-state index in [9.17, 15) is 24.0 Å². The number of carbonyl (C=O) groups is 5. The summed E-state index contributed by atoms with van der Waals surface area (Å²) in [6, 6.07) is 12.0. The Bertz CT molecular complexity index is 1090. The van der Waals surface area contributed by atoms with Crippen LogP contribution in [0.3, 0.4) is 0 Å². The minimum atomic E-state index is -1.18. The number of carbonyl (C=O) groups excluding carboxylic acids is 5. The van der Waals surface area contributed by atoms with Crippen molar-refractivity contribution in [1.82, 2.24) is 21.3 Å². The first kappa shape index (κ1) is 23.8. The molecule has 2 aromatic carbocycles. The van der Waals surface area contributed by atoms with E-state index in [0.29, 0.717) is 12.6 Å². The van der Waals surface area contributed by atoms with Crippen LogP contribution < -0.4 is 16.3 Å². The standard InChI is InChI=1S/C23H24N4O6/c1-3-33-22(32)23(2)19(12-24-25-20(30)17-10-6-4-8-15(17)13-28)27(23)26-21(31)18-11-7-5-9-16(18)14-29/h4-11,13-14,19,24H,3,12H2,1-2H3,(H,25,30)(H,26,31)/t19-,23+,27?/m0/s1. The van der Waals surface area contributed by atoms with E-state index in [4.69, 9.17) is 4.74 Å². The molecule has 2 amide bonds. The van der Waals surface area contributed by atoms with Crippen molar-refractivity contribution in [2.24, 2.45) is 0 Å². The van der Waals surface area contributed by atoms with Crippen molar-refractivity contribution >= 4 is 30.4 Å². The van der Waals surface area contributed by atoms with Crippen molar-refractivity contribution in [3.8, 4) is 0 Å². The third-order valence-corrected chi connectivity index (χ3v) is 5.47. The topological polar surface area (TPSA) is 134 Å². The lowest BCUT2D eigenvalue weighted by Gasteiger charge is -2.12. The molecule has 0 saturated carbocycles. The predicted octanol–water partition coefficient (Wildman–Crippen LogP) is 0.897. The molecule has 1 fully saturated rings. The third-order valence-electron chi connectivity index (χ3n) is 5.47. The fourth-order valence-electron chi connectivity index (χ4n) is 3.53. The van der Waals surface area contributed by atoms with Gasteiger partial charge in [0.2, 0.25) is 0 Å². The Labute approximate surface area is 190 Å². The van der Waals surface area contributed by atoms with Crippen molar-refractivity contribution in [2.75, 3.05) is 13.2 Å². The molecule has 3 atom stereocenters. The minimum Gasteiger partial charge on any atom is -0.465 e. The van der Waals surface area contributed by atoms with E-state index < -0.39 is 29.4 Å². The van der Waals surface area contributed by atoms with E-state index in [1.165, 1.54) is 29.3 Å². The fraction of sp³-hybridized carbons (Fsp3) is 0.261. The molecule has 172 valence electrons. The average Bonchev–Trinajstić information content (AvgIpc) is 3.41. The maximum atomic E-state index is 12.7. The molecule has 10 nitrogen and oxygen atoms in total. The summed E-state index contributed by atoms with van der Waals surface area (Å²) in [5.74, 6) is -1.62. The van der Waals surface area contributed by atoms with E-state index in [-0.39, 0.29) is 35.4 Å². The van der Waals surface area contributed by atoms with Crippen LogP contribution in [0.4, 0.5) is 0 Å². The normalized spacial score (nSPS) is 20.9. The molecule has 0 aromatic heterocycles. The monoisotopic (exact) mass is 452 g/mol. The zero-order chi connectivity index (χ0) is 24.0. The highest BCUT2D eigenvalue weighted by Crippen LogP contribution is 2.39. The van der Waals surface area contributed by atoms with Crippen LogP contribution in [0.25, 0.3) is 0 Å². The quantitative estimate of drug-likeness (QED) is 0.210. The Morgan fingerprint density at radius 2 is 1.52 bits per heavy atom. The van der Waals surface area contributed by atoms with Gasteiger partial charge >= 0.3 is 5.97 Å². The number of rotatable bonds is 10. The Morgan fingerprint density at radius 1 is 0.970 bits per heavy atom. The van der Waals surface area contributed by atoms with E-state index >= 15 is 0 Å². The van der Waals surface area contributed by atoms with E-state index in [1.807, 2.05) is 0 Å². The van der Waals surface area contributed by atoms with Gasteiger partial charge in [0.05, 0.1) is 23.8 Å². The lowest BCUT2D eigenvalue weighted by molar-refractivity contribution is -0.147. The molecular formula is C23H24N4O6. The maximum Gasteiger partial charge on any atom is 0.329 e. The van der Waals surface area contributed by atoms with Crippen LogP contribution in [-0.4, -0.2) is 60.1 Å². The summed E-state index contributed by atoms with van der Waals surface area (Å²) in [4.78, 5) is 60.1. The Hall–Kier alpha value is -3.89. The van der Waals surface area contributed by atoms with Crippen molar-refractivity contribution in [1.29, 1.82) is 0 Å². The molecule has 1 aliphatic rings. The highest BCUT2D eigenvalue weighted by molar-refractivity contribution is 6.02. The van der Waals surface area contributed by atoms with Gasteiger partial charge in [0.1, 0.15) is 0 Å². The number of hydrogen-bond acceptors (Lipinski definition) is 8. The summed E-state index contributed by atoms with van der Waals surface area (Å²) >= 11 is 0. The molecule has 2 aromatic rings. The number of benzene rings is 2. The van der Waals surface area contributed by atoms with Crippen LogP contribution in [-0.2, 0) is 9.53 Å². The van der Waals surface area contributed by atoms with Crippen molar-refractivity contribution in [2.45, 2.75) is 25.4 Å². The summed E-state index contributed by atoms with van der Waals surface area (Å²) in [6.45, 7) is 3.51. The molecule has 0 aliphatic carbocycles. The molecule has 1 unspecified atom stereocenters. The lowest BCUT2D eigenvalue weighted by Crippen LogP contribution is -2.42. The van der Waals surface area contributed by atoms with Gasteiger partial charge in [-0.1, -0.05) is 36.4 Å². The molecule has 0 radical (unpaired) electrons. The molecule has 0 spiro atoms. The summed E-state index contributed by atoms with van der Waals surface area (Å²) in [7, 11) is 0. The van der Waals surface area contributed by atoms with E-state index in [0.717, 1.165) is 0 Å². The lowest BCUT2D eigenvalue weighted by atomic mass is 10.1. The van der Waals surface area contributed by atoms with Crippen molar-refractivity contribution < 1.29 is 28.7 Å². The smallest absolute Gasteiger partial charge is 0.329 e. The molecule has 3 N–H and O–H groups in total. The highest BCUT2D eigenvalue weighted by Gasteiger charge is 2.66. The predicted molar refractivity (Wildman–Crippen MR) is 117 cm³/mol. The van der Waals surface area contributed by atoms with E-state index in [1.54, 1.807) is 38.1 Å². The molecule has 0 bridgehead atoms. The first-order valence-electron chi connectivity index (χ1n) is 10.3. The Balaban J connectivity index is 1.69. The molecular weight excluding hydrogens is 428 g/mol. The summed E-state index contributed by atoms with van der Waals surface area (Å²) < 4.78 is 5.15. The largest absolute Gasteiger partial charge is 0.465 e. The SMILES string of the molecule is CCOC(=O)[C@@]1(C)[C@H](CNNC(=O)c2ccccc2C=O)N1NC(=O)c1ccccc1C=O. The summed E-state index contributed by atoms with van der Waals surface area (Å²) in [6.07, 6.45) is 1.16. The van der Waals surface area contributed by atoms with Gasteiger partial charge in [-0.25, -0.2) is 10.2 Å². The van der Waals surface area contributed by atoms with Crippen molar-refractivity contribution in [3.05, 3.63) is 70.8 Å². The van der Waals surface area contributed by atoms with Gasteiger partial charge in [-0.05, 0) is 26.0 Å². The number of hydrazine groups is 2. The minimum absolute atomic E-state index is 0.0833. The number of nitrogens with one attached hydrogen (secondary N) is 3. The van der Waals surface area contributed by atoms with Crippen LogP contribution >= 0.6 is 0 Å². The Morgan fingerprint density at radius 3 is 2.06 bits per heavy atom. The van der Waals surface area contributed by atoms with Crippen LogP contribution in [0.15, 0.2) is 48.5 Å². The summed E-state index contributed by atoms with van der Waals surface area (Å²) in [5.41, 5.74) is 7.51. The first-order valence-corrected chi connectivity index (χ1v) is 10.3. The van der Waals surface area contributed by atoms with Crippen LogP contribution in [0.2, 0.25) is 0 Å². The van der Waals surface area contributed by atoms with Gasteiger partial charge in [0, 0.05) is 17.7 Å². The van der Waals surface area contributed by atoms with Gasteiger partial charge in [-0.2, -0.15) is 5.01 Å². The molecule has 1 heterocycles. The molecule has 1 aliphatic heterocycles. The maximum absolute atomic E-state index is 12.7. The van der Waals surface area contributed by atoms with Gasteiger partial charge in [0.15, 0.2) is 18.1 Å². The zero-order valence-electron chi connectivity index (χ0n) is 18.2. The van der Waals surface area contributed by atoms with Gasteiger partial charge in [-0.3, -0.25) is 30.0 Å². The van der Waals surface area contributed by atoms with Gasteiger partial charge < -0.3 is 4.74 Å².